The van der Waals surface area contributed by atoms with E-state index in [1.54, 1.807) is 11.8 Å². The average Bonchev–Trinajstić information content (AvgIpc) is 3.13. The summed E-state index contributed by atoms with van der Waals surface area (Å²) in [5, 5.41) is 3.25. The number of methoxy groups -OCH3 is 2. The van der Waals surface area contributed by atoms with Crippen LogP contribution in [-0.2, 0) is 15.5 Å². The lowest BCUT2D eigenvalue weighted by atomic mass is 10.0. The number of nitrogens with two attached hydrogens (primary N) is 2. The van der Waals surface area contributed by atoms with Gasteiger partial charge in [-0.1, -0.05) is 6.92 Å². The number of aromatic nitrogens is 4. The molecular weight excluding hydrogens is 727 g/mol. The number of piperidine rings is 1. The monoisotopic (exact) mass is 768 g/mol. The van der Waals surface area contributed by atoms with Crippen LogP contribution in [0.4, 0.5) is 31.2 Å². The van der Waals surface area contributed by atoms with Crippen molar-refractivity contribution in [1.82, 2.24) is 24.8 Å². The Labute approximate surface area is 313 Å². The first-order valence-corrected chi connectivity index (χ1v) is 18.0. The van der Waals surface area contributed by atoms with Crippen molar-refractivity contribution < 1.29 is 41.6 Å². The minimum atomic E-state index is -1.37. The number of ketones is 2. The standard InChI is InChI=1S/C22H28FN5O4.C14H14FN3O3S/c1-22(2,3)32-21(30)28-9-7-14(8-10-28)26-20-25-12-16(19(24)27-20)18(29)15-11-13(23)5-6-17(15)31-4;1-3-22(20)14-17-7-10(13(16)18-14)12(19)9-6-8(15)4-5-11(9)21-2/h5-6,11-12,14H,7-10H2,1-4H3,(H3,24,25,26,27);4-7H,3H2,1-2H3,(H2,16,17,18). The lowest BCUT2D eigenvalue weighted by molar-refractivity contribution is 0.0210. The van der Waals surface area contributed by atoms with Gasteiger partial charge >= 0.3 is 6.09 Å². The molecule has 54 heavy (non-hydrogen) atoms. The Morgan fingerprint density at radius 2 is 1.35 bits per heavy atom. The molecule has 3 heterocycles. The predicted molar refractivity (Wildman–Crippen MR) is 197 cm³/mol. The van der Waals surface area contributed by atoms with E-state index in [-0.39, 0.29) is 68.6 Å². The average molecular weight is 769 g/mol. The summed E-state index contributed by atoms with van der Waals surface area (Å²) < 4.78 is 54.2. The summed E-state index contributed by atoms with van der Waals surface area (Å²) in [4.78, 5) is 55.3. The molecule has 15 nitrogen and oxygen atoms in total. The van der Waals surface area contributed by atoms with Crippen LogP contribution in [0, 0.1) is 11.6 Å². The number of anilines is 3. The summed E-state index contributed by atoms with van der Waals surface area (Å²) in [7, 11) is 1.39. The Kier molecular flexibility index (Phi) is 13.5. The second-order valence-electron chi connectivity index (χ2n) is 12.8. The Hall–Kier alpha value is -5.78. The highest BCUT2D eigenvalue weighted by atomic mass is 32.2. The molecule has 1 unspecified atom stereocenters. The first-order chi connectivity index (χ1) is 25.5. The minimum absolute atomic E-state index is 0.000697. The zero-order valence-electron chi connectivity index (χ0n) is 30.6. The van der Waals surface area contributed by atoms with Crippen LogP contribution in [-0.4, -0.2) is 91.4 Å². The van der Waals surface area contributed by atoms with Crippen molar-refractivity contribution in [2.75, 3.05) is 49.8 Å². The van der Waals surface area contributed by atoms with Crippen LogP contribution < -0.4 is 26.3 Å². The molecular formula is C36H42F2N8O7S. The molecule has 0 aliphatic carbocycles. The van der Waals surface area contributed by atoms with Gasteiger partial charge in [0.2, 0.25) is 22.7 Å². The molecule has 2 aromatic heterocycles. The lowest BCUT2D eigenvalue weighted by Crippen LogP contribution is -2.44. The molecule has 0 saturated carbocycles. The van der Waals surface area contributed by atoms with Crippen LogP contribution in [0.1, 0.15) is 72.4 Å². The maximum Gasteiger partial charge on any atom is 0.410 e. The predicted octanol–water partition coefficient (Wildman–Crippen LogP) is 4.81. The molecule has 2 aromatic carbocycles. The molecule has 4 aromatic rings. The van der Waals surface area contributed by atoms with Gasteiger partial charge in [0.05, 0.1) is 47.3 Å². The van der Waals surface area contributed by atoms with Gasteiger partial charge in [0.1, 0.15) is 40.4 Å². The number of amides is 1. The van der Waals surface area contributed by atoms with E-state index in [0.29, 0.717) is 31.7 Å². The second-order valence-corrected chi connectivity index (χ2v) is 14.4. The number of nitrogen functional groups attached to an aromatic ring is 2. The topological polar surface area (TPSA) is 215 Å². The molecule has 1 saturated heterocycles. The van der Waals surface area contributed by atoms with Crippen molar-refractivity contribution in [3.63, 3.8) is 0 Å². The molecule has 5 rings (SSSR count). The quantitative estimate of drug-likeness (QED) is 0.146. The van der Waals surface area contributed by atoms with Gasteiger partial charge in [-0.3, -0.25) is 13.8 Å². The van der Waals surface area contributed by atoms with Crippen LogP contribution in [0.2, 0.25) is 0 Å². The molecule has 0 spiro atoms. The molecule has 0 radical (unpaired) electrons. The van der Waals surface area contributed by atoms with E-state index >= 15 is 0 Å². The fourth-order valence-corrected chi connectivity index (χ4v) is 5.78. The number of halogens is 2. The fourth-order valence-electron chi connectivity index (χ4n) is 5.15. The number of nitrogens with zero attached hydrogens (tertiary/aromatic N) is 5. The number of carbonyl (C=O) groups is 3. The smallest absolute Gasteiger partial charge is 0.410 e. The van der Waals surface area contributed by atoms with E-state index in [4.69, 9.17) is 25.7 Å². The summed E-state index contributed by atoms with van der Waals surface area (Å²) in [6.07, 6.45) is 3.55. The van der Waals surface area contributed by atoms with Crippen LogP contribution in [0.15, 0.2) is 53.9 Å². The van der Waals surface area contributed by atoms with Crippen molar-refractivity contribution in [3.05, 3.63) is 82.7 Å². The Morgan fingerprint density at radius 3 is 1.80 bits per heavy atom. The molecule has 18 heteroatoms. The van der Waals surface area contributed by atoms with E-state index in [1.165, 1.54) is 50.9 Å². The molecule has 0 bridgehead atoms. The number of ether oxygens (including phenoxy) is 3. The lowest BCUT2D eigenvalue weighted by Gasteiger charge is -2.33. The van der Waals surface area contributed by atoms with Crippen molar-refractivity contribution in [2.45, 2.75) is 57.3 Å². The molecule has 1 amide bonds. The highest BCUT2D eigenvalue weighted by Gasteiger charge is 2.28. The third-order valence-corrected chi connectivity index (χ3v) is 8.99. The fraction of sp³-hybridized carbons (Fsp3) is 0.361. The van der Waals surface area contributed by atoms with Crippen LogP contribution in [0.3, 0.4) is 0 Å². The van der Waals surface area contributed by atoms with Crippen LogP contribution >= 0.6 is 0 Å². The Bertz CT molecular complexity index is 2040. The van der Waals surface area contributed by atoms with Gasteiger partial charge in [-0.25, -0.2) is 28.5 Å². The number of carbonyl (C=O) groups excluding carboxylic acids is 3. The van der Waals surface area contributed by atoms with Crippen LogP contribution in [0.25, 0.3) is 0 Å². The van der Waals surface area contributed by atoms with Crippen molar-refractivity contribution >= 4 is 46.0 Å². The van der Waals surface area contributed by atoms with Gasteiger partial charge in [-0.15, -0.1) is 0 Å². The van der Waals surface area contributed by atoms with E-state index in [1.807, 2.05) is 20.8 Å². The van der Waals surface area contributed by atoms with E-state index in [9.17, 15) is 27.4 Å². The highest BCUT2D eigenvalue weighted by Crippen LogP contribution is 2.26. The molecule has 288 valence electrons. The highest BCUT2D eigenvalue weighted by molar-refractivity contribution is 7.84. The van der Waals surface area contributed by atoms with Gasteiger partial charge in [0, 0.05) is 37.3 Å². The first-order valence-electron chi connectivity index (χ1n) is 16.7. The summed E-state index contributed by atoms with van der Waals surface area (Å²) in [6, 6.07) is 7.29. The largest absolute Gasteiger partial charge is 0.496 e. The zero-order chi connectivity index (χ0) is 39.7. The summed E-state index contributed by atoms with van der Waals surface area (Å²) in [5.41, 5.74) is 11.3. The normalized spacial score (nSPS) is 13.6. The van der Waals surface area contributed by atoms with Crippen molar-refractivity contribution in [2.24, 2.45) is 0 Å². The van der Waals surface area contributed by atoms with E-state index in [2.05, 4.69) is 25.3 Å². The third kappa shape index (κ3) is 10.4. The van der Waals surface area contributed by atoms with Gasteiger partial charge in [-0.05, 0) is 70.0 Å². The molecule has 1 atom stereocenters. The molecule has 1 fully saturated rings. The van der Waals surface area contributed by atoms with E-state index < -0.39 is 39.6 Å². The SMILES string of the molecule is CCS(=O)c1ncc(C(=O)c2cc(F)ccc2OC)c(N)n1.COc1ccc(F)cc1C(=O)c1cnc(NC2CCN(C(=O)OC(C)(C)C)CC2)nc1N. The number of nitrogens with one attached hydrogen (secondary N) is 1. The van der Waals surface area contributed by atoms with Crippen molar-refractivity contribution in [3.8, 4) is 11.5 Å². The molecule has 5 N–H and O–H groups in total. The van der Waals surface area contributed by atoms with Gasteiger partial charge in [0.15, 0.2) is 0 Å². The summed E-state index contributed by atoms with van der Waals surface area (Å²) in [5.74, 6) is -1.31. The second kappa shape index (κ2) is 17.8. The number of hydrogen-bond acceptors (Lipinski definition) is 14. The minimum Gasteiger partial charge on any atom is -0.496 e. The molecule has 1 aliphatic rings. The summed E-state index contributed by atoms with van der Waals surface area (Å²) >= 11 is 0. The first kappa shape index (κ1) is 41.0. The third-order valence-electron chi connectivity index (χ3n) is 7.86. The number of benzene rings is 2. The molecule has 1 aliphatic heterocycles. The van der Waals surface area contributed by atoms with Crippen LogP contribution in [0.5, 0.6) is 11.5 Å². The number of hydrogen-bond donors (Lipinski definition) is 3. The Balaban J connectivity index is 0.000000258. The maximum absolute atomic E-state index is 13.6. The van der Waals surface area contributed by atoms with Gasteiger partial charge in [0.25, 0.3) is 0 Å². The van der Waals surface area contributed by atoms with Gasteiger partial charge in [-0.2, -0.15) is 4.98 Å². The summed E-state index contributed by atoms with van der Waals surface area (Å²) in [6.45, 7) is 8.29. The number of rotatable bonds is 10. The maximum atomic E-state index is 13.6. The Morgan fingerprint density at radius 1 is 0.852 bits per heavy atom. The van der Waals surface area contributed by atoms with Gasteiger partial charge < -0.3 is 35.9 Å². The number of likely N-dealkylation sites (tertiary alicyclic amines) is 1. The zero-order valence-corrected chi connectivity index (χ0v) is 31.5. The van der Waals surface area contributed by atoms with Crippen molar-refractivity contribution in [1.29, 1.82) is 0 Å². The van der Waals surface area contributed by atoms with E-state index in [0.717, 1.165) is 12.1 Å².